The summed E-state index contributed by atoms with van der Waals surface area (Å²) in [6.07, 6.45) is 3.02. The number of benzene rings is 2. The maximum absolute atomic E-state index is 12.7. The summed E-state index contributed by atoms with van der Waals surface area (Å²) in [4.78, 5) is 29.2. The first-order valence-corrected chi connectivity index (χ1v) is 9.71. The van der Waals surface area contributed by atoms with Gasteiger partial charge in [-0.15, -0.1) is 0 Å². The van der Waals surface area contributed by atoms with Gasteiger partial charge in [-0.2, -0.15) is 0 Å². The molecule has 0 unspecified atom stereocenters. The van der Waals surface area contributed by atoms with Gasteiger partial charge in [0, 0.05) is 17.5 Å². The number of carbonyl (C=O) groups is 2. The fourth-order valence-corrected chi connectivity index (χ4v) is 2.99. The Labute approximate surface area is 169 Å². The number of pyridine rings is 1. The van der Waals surface area contributed by atoms with Gasteiger partial charge in [-0.05, 0) is 42.8 Å². The van der Waals surface area contributed by atoms with Gasteiger partial charge < -0.3 is 15.2 Å². The molecule has 2 aromatic carbocycles. The van der Waals surface area contributed by atoms with Crippen molar-refractivity contribution in [3.63, 3.8) is 0 Å². The van der Waals surface area contributed by atoms with Gasteiger partial charge in [0.2, 0.25) is 0 Å². The van der Waals surface area contributed by atoms with E-state index in [0.717, 1.165) is 24.8 Å². The minimum absolute atomic E-state index is 0.152. The Kier molecular flexibility index (Phi) is 6.79. The Morgan fingerprint density at radius 2 is 1.83 bits per heavy atom. The SMILES string of the molecule is CCCCCNC(=O)COC(=O)c1cc(-c2ccc(O)cc2)nc2ccccc12. The van der Waals surface area contributed by atoms with E-state index in [9.17, 15) is 14.7 Å². The van der Waals surface area contributed by atoms with Crippen molar-refractivity contribution in [2.24, 2.45) is 0 Å². The van der Waals surface area contributed by atoms with Crippen LogP contribution in [-0.2, 0) is 9.53 Å². The lowest BCUT2D eigenvalue weighted by Gasteiger charge is -2.10. The maximum atomic E-state index is 12.7. The van der Waals surface area contributed by atoms with Crippen LogP contribution in [0.15, 0.2) is 54.6 Å². The van der Waals surface area contributed by atoms with Crippen LogP contribution in [0, 0.1) is 0 Å². The average Bonchev–Trinajstić information content (AvgIpc) is 2.75. The lowest BCUT2D eigenvalue weighted by atomic mass is 10.0. The van der Waals surface area contributed by atoms with Gasteiger partial charge in [-0.3, -0.25) is 4.79 Å². The number of aromatic hydroxyl groups is 1. The van der Waals surface area contributed by atoms with Crippen LogP contribution in [0.1, 0.15) is 36.5 Å². The van der Waals surface area contributed by atoms with Crippen molar-refractivity contribution in [3.8, 4) is 17.0 Å². The summed E-state index contributed by atoms with van der Waals surface area (Å²) >= 11 is 0. The molecule has 3 aromatic rings. The second kappa shape index (κ2) is 9.68. The van der Waals surface area contributed by atoms with Crippen molar-refractivity contribution in [3.05, 3.63) is 60.2 Å². The van der Waals surface area contributed by atoms with Crippen LogP contribution in [0.25, 0.3) is 22.2 Å². The minimum atomic E-state index is -0.577. The molecular formula is C23H24N2O4. The predicted octanol–water partition coefficient (Wildman–Crippen LogP) is 4.07. The summed E-state index contributed by atoms with van der Waals surface area (Å²) in [5.41, 5.74) is 2.34. The van der Waals surface area contributed by atoms with Gasteiger partial charge >= 0.3 is 5.97 Å². The number of para-hydroxylation sites is 1. The maximum Gasteiger partial charge on any atom is 0.339 e. The third kappa shape index (κ3) is 5.31. The zero-order valence-electron chi connectivity index (χ0n) is 16.4. The molecule has 0 radical (unpaired) electrons. The van der Waals surface area contributed by atoms with E-state index in [1.165, 1.54) is 0 Å². The number of phenols is 1. The second-order valence-electron chi connectivity index (χ2n) is 6.75. The normalized spacial score (nSPS) is 10.7. The molecule has 29 heavy (non-hydrogen) atoms. The zero-order valence-corrected chi connectivity index (χ0v) is 16.4. The Balaban J connectivity index is 1.79. The van der Waals surface area contributed by atoms with Gasteiger partial charge in [-0.25, -0.2) is 9.78 Å². The number of phenolic OH excluding ortho intramolecular Hbond substituents is 1. The van der Waals surface area contributed by atoms with E-state index in [1.54, 1.807) is 36.4 Å². The number of esters is 1. The quantitative estimate of drug-likeness (QED) is 0.446. The molecule has 0 bridgehead atoms. The van der Waals surface area contributed by atoms with E-state index >= 15 is 0 Å². The molecule has 1 aromatic heterocycles. The first kappa shape index (κ1) is 20.3. The van der Waals surface area contributed by atoms with E-state index in [4.69, 9.17) is 4.74 Å². The van der Waals surface area contributed by atoms with Crippen LogP contribution in [0.5, 0.6) is 5.75 Å². The number of rotatable bonds is 8. The van der Waals surface area contributed by atoms with E-state index in [2.05, 4.69) is 17.2 Å². The van der Waals surface area contributed by atoms with Crippen molar-refractivity contribution >= 4 is 22.8 Å². The highest BCUT2D eigenvalue weighted by atomic mass is 16.5. The predicted molar refractivity (Wildman–Crippen MR) is 112 cm³/mol. The standard InChI is InChI=1S/C23H24N2O4/c1-2-3-6-13-24-22(27)15-29-23(28)19-14-21(16-9-11-17(26)12-10-16)25-20-8-5-4-7-18(19)20/h4-5,7-12,14,26H,2-3,6,13,15H2,1H3,(H,24,27). The number of nitrogens with zero attached hydrogens (tertiary/aromatic N) is 1. The molecule has 1 amide bonds. The van der Waals surface area contributed by atoms with Crippen LogP contribution in [0.4, 0.5) is 0 Å². The fourth-order valence-electron chi connectivity index (χ4n) is 2.99. The Morgan fingerprint density at radius 3 is 2.59 bits per heavy atom. The molecule has 0 spiro atoms. The number of fused-ring (bicyclic) bond motifs is 1. The van der Waals surface area contributed by atoms with Crippen LogP contribution >= 0.6 is 0 Å². The Hall–Kier alpha value is -3.41. The summed E-state index contributed by atoms with van der Waals surface area (Å²) < 4.78 is 5.25. The first-order chi connectivity index (χ1) is 14.1. The fraction of sp³-hybridized carbons (Fsp3) is 0.261. The second-order valence-corrected chi connectivity index (χ2v) is 6.75. The summed E-state index contributed by atoms with van der Waals surface area (Å²) in [6, 6.07) is 15.5. The van der Waals surface area contributed by atoms with Gasteiger partial charge in [0.05, 0.1) is 16.8 Å². The third-order valence-electron chi connectivity index (χ3n) is 4.54. The monoisotopic (exact) mass is 392 g/mol. The number of amides is 1. The summed E-state index contributed by atoms with van der Waals surface area (Å²) in [7, 11) is 0. The number of hydrogen-bond donors (Lipinski definition) is 2. The summed E-state index contributed by atoms with van der Waals surface area (Å²) in [6.45, 7) is 2.35. The van der Waals surface area contributed by atoms with E-state index in [0.29, 0.717) is 28.7 Å². The van der Waals surface area contributed by atoms with Gasteiger partial charge in [0.1, 0.15) is 5.75 Å². The summed E-state index contributed by atoms with van der Waals surface area (Å²) in [5.74, 6) is -0.738. The molecule has 0 saturated heterocycles. The van der Waals surface area contributed by atoms with Crippen molar-refractivity contribution < 1.29 is 19.4 Å². The van der Waals surface area contributed by atoms with E-state index in [-0.39, 0.29) is 18.3 Å². The topological polar surface area (TPSA) is 88.5 Å². The van der Waals surface area contributed by atoms with Gasteiger partial charge in [0.25, 0.3) is 5.91 Å². The van der Waals surface area contributed by atoms with E-state index < -0.39 is 5.97 Å². The number of aromatic nitrogens is 1. The number of nitrogens with one attached hydrogen (secondary N) is 1. The van der Waals surface area contributed by atoms with Gasteiger partial charge in [-0.1, -0.05) is 38.0 Å². The molecular weight excluding hydrogens is 368 g/mol. The highest BCUT2D eigenvalue weighted by Gasteiger charge is 2.16. The third-order valence-corrected chi connectivity index (χ3v) is 4.54. The molecule has 0 saturated carbocycles. The number of hydrogen-bond acceptors (Lipinski definition) is 5. The molecule has 0 aliphatic heterocycles. The molecule has 6 nitrogen and oxygen atoms in total. The highest BCUT2D eigenvalue weighted by molar-refractivity contribution is 6.05. The Bertz CT molecular complexity index is 999. The molecule has 6 heteroatoms. The van der Waals surface area contributed by atoms with E-state index in [1.807, 2.05) is 18.2 Å². The lowest BCUT2D eigenvalue weighted by molar-refractivity contribution is -0.124. The van der Waals surface area contributed by atoms with Crippen LogP contribution < -0.4 is 5.32 Å². The van der Waals surface area contributed by atoms with Crippen molar-refractivity contribution in [1.82, 2.24) is 10.3 Å². The highest BCUT2D eigenvalue weighted by Crippen LogP contribution is 2.26. The molecule has 0 atom stereocenters. The first-order valence-electron chi connectivity index (χ1n) is 9.71. The average molecular weight is 392 g/mol. The zero-order chi connectivity index (χ0) is 20.6. The smallest absolute Gasteiger partial charge is 0.339 e. The largest absolute Gasteiger partial charge is 0.508 e. The molecule has 2 N–H and O–H groups in total. The number of ether oxygens (including phenoxy) is 1. The summed E-state index contributed by atoms with van der Waals surface area (Å²) in [5, 5.41) is 12.9. The molecule has 0 fully saturated rings. The van der Waals surface area contributed by atoms with Crippen LogP contribution in [0.3, 0.4) is 0 Å². The molecule has 3 rings (SSSR count). The molecule has 150 valence electrons. The van der Waals surface area contributed by atoms with Crippen molar-refractivity contribution in [2.45, 2.75) is 26.2 Å². The molecule has 0 aliphatic rings. The van der Waals surface area contributed by atoms with Gasteiger partial charge in [0.15, 0.2) is 6.61 Å². The van der Waals surface area contributed by atoms with Crippen molar-refractivity contribution in [1.29, 1.82) is 0 Å². The lowest BCUT2D eigenvalue weighted by Crippen LogP contribution is -2.29. The minimum Gasteiger partial charge on any atom is -0.508 e. The van der Waals surface area contributed by atoms with Crippen LogP contribution in [-0.4, -0.2) is 35.1 Å². The molecule has 0 aliphatic carbocycles. The van der Waals surface area contributed by atoms with Crippen LogP contribution in [0.2, 0.25) is 0 Å². The number of carbonyl (C=O) groups excluding carboxylic acids is 2. The Morgan fingerprint density at radius 1 is 1.07 bits per heavy atom. The van der Waals surface area contributed by atoms with Crippen molar-refractivity contribution in [2.75, 3.05) is 13.2 Å². The molecule has 1 heterocycles. The number of unbranched alkanes of at least 4 members (excludes halogenated alkanes) is 2.